The molecule has 1 fully saturated rings. The molecule has 41 heavy (non-hydrogen) atoms. The van der Waals surface area contributed by atoms with E-state index < -0.39 is 5.60 Å². The van der Waals surface area contributed by atoms with Gasteiger partial charge >= 0.3 is 0 Å². The Morgan fingerprint density at radius 1 is 1.05 bits per heavy atom. The van der Waals surface area contributed by atoms with Crippen molar-refractivity contribution in [2.45, 2.75) is 39.0 Å². The number of ether oxygens (including phenoxy) is 4. The lowest BCUT2D eigenvalue weighted by Crippen LogP contribution is -2.52. The zero-order valence-electron chi connectivity index (χ0n) is 24.5. The molecule has 2 aromatic carbocycles. The number of β-amino-alcohol motifs (C(OH)–C–C–N with tert-alkyl or cyclic N) is 1. The quantitative estimate of drug-likeness (QED) is 0.337. The molecule has 1 aliphatic rings. The van der Waals surface area contributed by atoms with Crippen molar-refractivity contribution in [1.29, 1.82) is 0 Å². The molecule has 10 heteroatoms. The number of imidazole rings is 1. The van der Waals surface area contributed by atoms with Crippen LogP contribution in [0.3, 0.4) is 0 Å². The van der Waals surface area contributed by atoms with Crippen LogP contribution < -0.4 is 14.2 Å². The molecule has 1 aliphatic heterocycles. The standard InChI is InChI=1S/C31H42N4O6/c1-5-29-32-12-13-34(29)16-17-40-28-18-25(8-11-27(28)39-4)19-33-14-15-35(30(36)20-38-3)22-31(37,21-33)23-41-26-9-6-24(2)7-10-26/h6-13,18,37H,5,14-17,19-23H2,1-4H3. The maximum absolute atomic E-state index is 12.8. The molecule has 1 atom stereocenters. The van der Waals surface area contributed by atoms with Crippen LogP contribution in [0.4, 0.5) is 0 Å². The van der Waals surface area contributed by atoms with E-state index in [0.29, 0.717) is 56.6 Å². The molecule has 1 amide bonds. The van der Waals surface area contributed by atoms with Crippen molar-refractivity contribution in [3.05, 3.63) is 71.8 Å². The van der Waals surface area contributed by atoms with Crippen LogP contribution in [0, 0.1) is 6.92 Å². The number of rotatable bonds is 13. The van der Waals surface area contributed by atoms with Crippen LogP contribution in [0.15, 0.2) is 54.9 Å². The molecule has 4 rings (SSSR count). The largest absolute Gasteiger partial charge is 0.493 e. The maximum atomic E-state index is 12.8. The second-order valence-electron chi connectivity index (χ2n) is 10.5. The average molecular weight is 567 g/mol. The molecular weight excluding hydrogens is 524 g/mol. The fraction of sp³-hybridized carbons (Fsp3) is 0.484. The third-order valence-electron chi connectivity index (χ3n) is 7.18. The molecule has 10 nitrogen and oxygen atoms in total. The molecule has 1 saturated heterocycles. The van der Waals surface area contributed by atoms with Gasteiger partial charge in [-0.05, 0) is 36.8 Å². The van der Waals surface area contributed by atoms with Gasteiger partial charge in [-0.25, -0.2) is 4.98 Å². The third kappa shape index (κ3) is 8.45. The Morgan fingerprint density at radius 2 is 1.85 bits per heavy atom. The van der Waals surface area contributed by atoms with E-state index in [1.54, 1.807) is 18.2 Å². The Kier molecular flexibility index (Phi) is 10.6. The summed E-state index contributed by atoms with van der Waals surface area (Å²) in [6.45, 7) is 7.36. The van der Waals surface area contributed by atoms with Gasteiger partial charge in [-0.1, -0.05) is 30.7 Å². The van der Waals surface area contributed by atoms with Gasteiger partial charge in [0, 0.05) is 52.1 Å². The van der Waals surface area contributed by atoms with E-state index >= 15 is 0 Å². The van der Waals surface area contributed by atoms with Crippen molar-refractivity contribution < 1.29 is 28.8 Å². The summed E-state index contributed by atoms with van der Waals surface area (Å²) < 4.78 is 24.9. The third-order valence-corrected chi connectivity index (χ3v) is 7.18. The van der Waals surface area contributed by atoms with Gasteiger partial charge in [0.1, 0.15) is 37.0 Å². The molecule has 0 radical (unpaired) electrons. The van der Waals surface area contributed by atoms with E-state index in [2.05, 4.69) is 21.4 Å². The van der Waals surface area contributed by atoms with Crippen molar-refractivity contribution in [1.82, 2.24) is 19.4 Å². The van der Waals surface area contributed by atoms with Gasteiger partial charge in [0.05, 0.1) is 20.2 Å². The van der Waals surface area contributed by atoms with Crippen molar-refractivity contribution >= 4 is 5.91 Å². The highest BCUT2D eigenvalue weighted by Gasteiger charge is 2.37. The van der Waals surface area contributed by atoms with Gasteiger partial charge in [-0.15, -0.1) is 0 Å². The normalized spacial score (nSPS) is 17.7. The Morgan fingerprint density at radius 3 is 2.59 bits per heavy atom. The van der Waals surface area contributed by atoms with E-state index in [1.807, 2.05) is 55.6 Å². The highest BCUT2D eigenvalue weighted by molar-refractivity contribution is 5.77. The number of carbonyl (C=O) groups excluding carboxylic acids is 1. The highest BCUT2D eigenvalue weighted by atomic mass is 16.5. The smallest absolute Gasteiger partial charge is 0.248 e. The van der Waals surface area contributed by atoms with Crippen molar-refractivity contribution in [2.24, 2.45) is 0 Å². The van der Waals surface area contributed by atoms with Crippen molar-refractivity contribution in [3.8, 4) is 17.2 Å². The zero-order valence-corrected chi connectivity index (χ0v) is 24.5. The first-order valence-electron chi connectivity index (χ1n) is 14.0. The second-order valence-corrected chi connectivity index (χ2v) is 10.5. The van der Waals surface area contributed by atoms with Gasteiger partial charge in [-0.2, -0.15) is 0 Å². The van der Waals surface area contributed by atoms with Crippen LogP contribution >= 0.6 is 0 Å². The molecule has 1 N–H and O–H groups in total. The minimum absolute atomic E-state index is 0.0348. The number of amides is 1. The number of hydrogen-bond acceptors (Lipinski definition) is 8. The number of hydrogen-bond donors (Lipinski definition) is 1. The average Bonchev–Trinajstić information content (AvgIpc) is 3.35. The topological polar surface area (TPSA) is 98.5 Å². The minimum Gasteiger partial charge on any atom is -0.493 e. The molecule has 222 valence electrons. The molecule has 0 spiro atoms. The van der Waals surface area contributed by atoms with Crippen LogP contribution in [0.5, 0.6) is 17.2 Å². The Balaban J connectivity index is 1.46. The summed E-state index contributed by atoms with van der Waals surface area (Å²) in [5.41, 5.74) is 0.859. The first kappa shape index (κ1) is 30.4. The van der Waals surface area contributed by atoms with Crippen LogP contribution in [0.25, 0.3) is 0 Å². The monoisotopic (exact) mass is 566 g/mol. The van der Waals surface area contributed by atoms with Gasteiger partial charge in [0.25, 0.3) is 0 Å². The van der Waals surface area contributed by atoms with Crippen LogP contribution in [0.1, 0.15) is 23.9 Å². The lowest BCUT2D eigenvalue weighted by molar-refractivity contribution is -0.138. The molecule has 2 heterocycles. The number of benzene rings is 2. The summed E-state index contributed by atoms with van der Waals surface area (Å²) in [5, 5.41) is 11.7. The maximum Gasteiger partial charge on any atom is 0.248 e. The summed E-state index contributed by atoms with van der Waals surface area (Å²) >= 11 is 0. The lowest BCUT2D eigenvalue weighted by Gasteiger charge is -2.33. The van der Waals surface area contributed by atoms with Crippen LogP contribution in [-0.4, -0.2) is 96.2 Å². The highest BCUT2D eigenvalue weighted by Crippen LogP contribution is 2.29. The summed E-state index contributed by atoms with van der Waals surface area (Å²) in [6, 6.07) is 13.6. The minimum atomic E-state index is -1.28. The van der Waals surface area contributed by atoms with Gasteiger partial charge in [0.15, 0.2) is 11.5 Å². The summed E-state index contributed by atoms with van der Waals surface area (Å²) in [6.07, 6.45) is 4.62. The number of methoxy groups -OCH3 is 2. The van der Waals surface area contributed by atoms with E-state index in [1.165, 1.54) is 7.11 Å². The first-order valence-corrected chi connectivity index (χ1v) is 14.0. The van der Waals surface area contributed by atoms with E-state index in [-0.39, 0.29) is 25.7 Å². The number of aryl methyl sites for hydroxylation is 2. The predicted molar refractivity (Wildman–Crippen MR) is 155 cm³/mol. The number of carbonyl (C=O) groups is 1. The number of aromatic nitrogens is 2. The summed E-state index contributed by atoms with van der Waals surface area (Å²) in [4.78, 5) is 20.9. The number of aliphatic hydroxyl groups is 1. The Hall–Kier alpha value is -3.60. The van der Waals surface area contributed by atoms with Gasteiger partial charge in [0.2, 0.25) is 5.91 Å². The van der Waals surface area contributed by atoms with E-state index in [4.69, 9.17) is 18.9 Å². The van der Waals surface area contributed by atoms with E-state index in [0.717, 1.165) is 23.4 Å². The van der Waals surface area contributed by atoms with Gasteiger partial charge < -0.3 is 33.5 Å². The summed E-state index contributed by atoms with van der Waals surface area (Å²) in [7, 11) is 3.12. The molecule has 0 bridgehead atoms. The second kappa shape index (κ2) is 14.3. The van der Waals surface area contributed by atoms with Crippen molar-refractivity contribution in [2.75, 3.05) is 60.2 Å². The fourth-order valence-corrected chi connectivity index (χ4v) is 5.05. The van der Waals surface area contributed by atoms with Gasteiger partial charge in [-0.3, -0.25) is 9.69 Å². The Bertz CT molecular complexity index is 1260. The molecule has 3 aromatic rings. The van der Waals surface area contributed by atoms with Crippen molar-refractivity contribution in [3.63, 3.8) is 0 Å². The molecule has 0 saturated carbocycles. The molecule has 0 aliphatic carbocycles. The molecule has 1 unspecified atom stereocenters. The first-order chi connectivity index (χ1) is 19.8. The molecular formula is C31H42N4O6. The lowest BCUT2D eigenvalue weighted by atomic mass is 10.0. The SMILES string of the molecule is CCc1nccn1CCOc1cc(CN2CCN(C(=O)COC)CC(O)(COc3ccc(C)cc3)C2)ccc1OC. The molecule has 1 aromatic heterocycles. The fourth-order valence-electron chi connectivity index (χ4n) is 5.05. The zero-order chi connectivity index (χ0) is 29.2. The van der Waals surface area contributed by atoms with E-state index in [9.17, 15) is 9.90 Å². The number of nitrogens with zero attached hydrogens (tertiary/aromatic N) is 4. The van der Waals surface area contributed by atoms with Crippen LogP contribution in [0.2, 0.25) is 0 Å². The summed E-state index contributed by atoms with van der Waals surface area (Å²) in [5.74, 6) is 2.85. The van der Waals surface area contributed by atoms with Crippen LogP contribution in [-0.2, 0) is 29.0 Å². The predicted octanol–water partition coefficient (Wildman–Crippen LogP) is 2.94. The Labute approximate surface area is 242 Å².